The molecule has 0 spiro atoms. The van der Waals surface area contributed by atoms with Gasteiger partial charge >= 0.3 is 0 Å². The summed E-state index contributed by atoms with van der Waals surface area (Å²) >= 11 is 0. The number of benzene rings is 1. The van der Waals surface area contributed by atoms with E-state index in [1.54, 1.807) is 4.68 Å². The Bertz CT molecular complexity index is 1050. The molecule has 4 rings (SSSR count). The van der Waals surface area contributed by atoms with Crippen LogP contribution in [0.3, 0.4) is 0 Å². The number of anilines is 1. The molecule has 1 aliphatic carbocycles. The van der Waals surface area contributed by atoms with E-state index in [-0.39, 0.29) is 36.0 Å². The van der Waals surface area contributed by atoms with Crippen LogP contribution in [0.4, 0.5) is 5.69 Å². The van der Waals surface area contributed by atoms with Gasteiger partial charge in [-0.1, -0.05) is 25.3 Å². The Morgan fingerprint density at radius 3 is 2.58 bits per heavy atom. The van der Waals surface area contributed by atoms with Crippen LogP contribution in [0, 0.1) is 13.8 Å². The standard InChI is InChI=1S/C21H30N6O3S/c1-15-8-9-17(12-20(15)27-16(2)23-24-25-27)22-13-21(28)26(18-6-4-3-5-7-18)19-10-11-31(29,30)14-19/h8-9,12,18-19,22H,3-7,10-11,13-14H2,1-2H3. The molecule has 0 bridgehead atoms. The molecule has 10 heteroatoms. The van der Waals surface area contributed by atoms with Gasteiger partial charge in [-0.25, -0.2) is 8.42 Å². The molecule has 1 aromatic carbocycles. The summed E-state index contributed by atoms with van der Waals surface area (Å²) in [4.78, 5) is 15.2. The minimum absolute atomic E-state index is 0.0327. The SMILES string of the molecule is Cc1ccc(NCC(=O)N(C2CCCCC2)C2CCS(=O)(=O)C2)cc1-n1nnnc1C. The van der Waals surface area contributed by atoms with E-state index in [1.165, 1.54) is 6.42 Å². The monoisotopic (exact) mass is 446 g/mol. The molecular formula is C21H30N6O3S. The van der Waals surface area contributed by atoms with Gasteiger partial charge in [-0.05, 0) is 61.2 Å². The molecule has 2 aliphatic rings. The number of aryl methyl sites for hydroxylation is 2. The number of hydrogen-bond donors (Lipinski definition) is 1. The maximum absolute atomic E-state index is 13.3. The fourth-order valence-corrected chi connectivity index (χ4v) is 6.44. The van der Waals surface area contributed by atoms with Crippen molar-refractivity contribution in [2.75, 3.05) is 23.4 Å². The Balaban J connectivity index is 1.49. The van der Waals surface area contributed by atoms with Gasteiger partial charge < -0.3 is 10.2 Å². The number of carbonyl (C=O) groups excluding carboxylic acids is 1. The van der Waals surface area contributed by atoms with Gasteiger partial charge in [0, 0.05) is 17.8 Å². The molecule has 2 heterocycles. The normalized spacial score (nSPS) is 21.2. The third-order valence-corrected chi connectivity index (χ3v) is 8.11. The van der Waals surface area contributed by atoms with E-state index in [9.17, 15) is 13.2 Å². The van der Waals surface area contributed by atoms with Crippen LogP contribution in [-0.4, -0.2) is 69.6 Å². The number of tetrazole rings is 1. The predicted molar refractivity (Wildman–Crippen MR) is 118 cm³/mol. The molecule has 1 saturated carbocycles. The van der Waals surface area contributed by atoms with E-state index in [4.69, 9.17) is 0 Å². The van der Waals surface area contributed by atoms with Gasteiger partial charge in [0.25, 0.3) is 0 Å². The van der Waals surface area contributed by atoms with Crippen molar-refractivity contribution < 1.29 is 13.2 Å². The van der Waals surface area contributed by atoms with Gasteiger partial charge in [0.1, 0.15) is 0 Å². The molecule has 1 saturated heterocycles. The van der Waals surface area contributed by atoms with Gasteiger partial charge in [-0.2, -0.15) is 4.68 Å². The lowest BCUT2D eigenvalue weighted by molar-refractivity contribution is -0.134. The third-order valence-electron chi connectivity index (χ3n) is 6.36. The van der Waals surface area contributed by atoms with Crippen LogP contribution in [-0.2, 0) is 14.6 Å². The number of sulfone groups is 1. The summed E-state index contributed by atoms with van der Waals surface area (Å²) in [7, 11) is -3.06. The Kier molecular flexibility index (Phi) is 6.27. The van der Waals surface area contributed by atoms with E-state index in [1.807, 2.05) is 36.9 Å². The lowest BCUT2D eigenvalue weighted by Crippen LogP contribution is -2.50. The predicted octanol–water partition coefficient (Wildman–Crippen LogP) is 2.04. The van der Waals surface area contributed by atoms with Crippen LogP contribution >= 0.6 is 0 Å². The van der Waals surface area contributed by atoms with Crippen LogP contribution in [0.15, 0.2) is 18.2 Å². The van der Waals surface area contributed by atoms with Crippen molar-refractivity contribution in [2.45, 2.75) is 64.5 Å². The Hall–Kier alpha value is -2.49. The topological polar surface area (TPSA) is 110 Å². The minimum atomic E-state index is -3.06. The van der Waals surface area contributed by atoms with E-state index < -0.39 is 9.84 Å². The Morgan fingerprint density at radius 2 is 1.94 bits per heavy atom. The molecule has 1 atom stereocenters. The van der Waals surface area contributed by atoms with Crippen LogP contribution in [0.5, 0.6) is 0 Å². The Morgan fingerprint density at radius 1 is 1.16 bits per heavy atom. The lowest BCUT2D eigenvalue weighted by Gasteiger charge is -2.38. The number of carbonyl (C=O) groups is 1. The zero-order chi connectivity index (χ0) is 22.0. The molecule has 1 N–H and O–H groups in total. The summed E-state index contributed by atoms with van der Waals surface area (Å²) in [6, 6.07) is 5.75. The molecular weight excluding hydrogens is 416 g/mol. The highest BCUT2D eigenvalue weighted by atomic mass is 32.2. The molecule has 1 aliphatic heterocycles. The summed E-state index contributed by atoms with van der Waals surface area (Å²) in [5.74, 6) is 0.911. The van der Waals surface area contributed by atoms with Crippen molar-refractivity contribution in [2.24, 2.45) is 0 Å². The van der Waals surface area contributed by atoms with Crippen LogP contribution < -0.4 is 5.32 Å². The first kappa shape index (κ1) is 21.7. The second-order valence-electron chi connectivity index (χ2n) is 8.64. The maximum Gasteiger partial charge on any atom is 0.242 e. The summed E-state index contributed by atoms with van der Waals surface area (Å²) < 4.78 is 25.8. The summed E-state index contributed by atoms with van der Waals surface area (Å²) in [5, 5.41) is 14.9. The number of nitrogens with zero attached hydrogens (tertiary/aromatic N) is 5. The van der Waals surface area contributed by atoms with Gasteiger partial charge in [-0.3, -0.25) is 4.79 Å². The quantitative estimate of drug-likeness (QED) is 0.723. The first-order chi connectivity index (χ1) is 14.8. The first-order valence-electron chi connectivity index (χ1n) is 11.0. The van der Waals surface area contributed by atoms with Gasteiger partial charge in [0.2, 0.25) is 5.91 Å². The first-order valence-corrected chi connectivity index (χ1v) is 12.8. The summed E-state index contributed by atoms with van der Waals surface area (Å²) in [6.45, 7) is 3.95. The number of aromatic nitrogens is 4. The molecule has 2 fully saturated rings. The second kappa shape index (κ2) is 8.94. The average Bonchev–Trinajstić information content (AvgIpc) is 3.33. The van der Waals surface area contributed by atoms with Crippen LogP contribution in [0.2, 0.25) is 0 Å². The number of rotatable bonds is 6. The lowest BCUT2D eigenvalue weighted by atomic mass is 9.93. The molecule has 0 radical (unpaired) electrons. The van der Waals surface area contributed by atoms with Gasteiger partial charge in [0.15, 0.2) is 15.7 Å². The van der Waals surface area contributed by atoms with E-state index in [2.05, 4.69) is 20.8 Å². The van der Waals surface area contributed by atoms with Crippen molar-refractivity contribution in [3.05, 3.63) is 29.6 Å². The number of nitrogens with one attached hydrogen (secondary N) is 1. The van der Waals surface area contributed by atoms with Gasteiger partial charge in [0.05, 0.1) is 23.7 Å². The fraction of sp³-hybridized carbons (Fsp3) is 0.619. The highest BCUT2D eigenvalue weighted by Gasteiger charge is 2.38. The minimum Gasteiger partial charge on any atom is -0.376 e. The fourth-order valence-electron chi connectivity index (χ4n) is 4.73. The molecule has 31 heavy (non-hydrogen) atoms. The maximum atomic E-state index is 13.3. The van der Waals surface area contributed by atoms with Crippen molar-refractivity contribution in [3.63, 3.8) is 0 Å². The highest BCUT2D eigenvalue weighted by Crippen LogP contribution is 2.28. The Labute approximate surface area is 183 Å². The van der Waals surface area contributed by atoms with Crippen molar-refractivity contribution in [1.29, 1.82) is 0 Å². The number of hydrogen-bond acceptors (Lipinski definition) is 7. The average molecular weight is 447 g/mol. The molecule has 168 valence electrons. The summed E-state index contributed by atoms with van der Waals surface area (Å²) in [5.41, 5.74) is 2.67. The molecule has 1 aromatic heterocycles. The van der Waals surface area contributed by atoms with Gasteiger partial charge in [-0.15, -0.1) is 5.10 Å². The van der Waals surface area contributed by atoms with Crippen molar-refractivity contribution >= 4 is 21.4 Å². The van der Waals surface area contributed by atoms with E-state index >= 15 is 0 Å². The van der Waals surface area contributed by atoms with E-state index in [0.717, 1.165) is 42.6 Å². The number of amides is 1. The zero-order valence-electron chi connectivity index (χ0n) is 18.1. The summed E-state index contributed by atoms with van der Waals surface area (Å²) in [6.07, 6.45) is 5.81. The van der Waals surface area contributed by atoms with Crippen LogP contribution in [0.25, 0.3) is 5.69 Å². The zero-order valence-corrected chi connectivity index (χ0v) is 18.9. The molecule has 2 aromatic rings. The van der Waals surface area contributed by atoms with Crippen molar-refractivity contribution in [1.82, 2.24) is 25.1 Å². The molecule has 1 amide bonds. The van der Waals surface area contributed by atoms with Crippen LogP contribution in [0.1, 0.15) is 49.9 Å². The largest absolute Gasteiger partial charge is 0.376 e. The molecule has 9 nitrogen and oxygen atoms in total. The molecule has 1 unspecified atom stereocenters. The smallest absolute Gasteiger partial charge is 0.242 e. The highest BCUT2D eigenvalue weighted by molar-refractivity contribution is 7.91. The third kappa shape index (κ3) is 4.89. The van der Waals surface area contributed by atoms with E-state index in [0.29, 0.717) is 12.2 Å². The van der Waals surface area contributed by atoms with Crippen molar-refractivity contribution in [3.8, 4) is 5.69 Å². The second-order valence-corrected chi connectivity index (χ2v) is 10.9.